The van der Waals surface area contributed by atoms with Crippen LogP contribution < -0.4 is 5.32 Å². The highest BCUT2D eigenvalue weighted by atomic mass is 35.5. The minimum atomic E-state index is -4.02. The number of sulfone groups is 1. The van der Waals surface area contributed by atoms with Gasteiger partial charge in [0.25, 0.3) is 0 Å². The minimum absolute atomic E-state index is 0.00476. The molecule has 0 radical (unpaired) electrons. The molecule has 0 spiro atoms. The number of likely N-dealkylation sites (N-methyl/N-ethyl adjacent to an activating group) is 1. The maximum atomic E-state index is 12.7. The van der Waals surface area contributed by atoms with Gasteiger partial charge in [0.05, 0.1) is 23.1 Å². The molecule has 1 atom stereocenters. The van der Waals surface area contributed by atoms with Crippen LogP contribution in [0, 0.1) is 0 Å². The van der Waals surface area contributed by atoms with Crippen LogP contribution in [0.15, 0.2) is 23.1 Å². The van der Waals surface area contributed by atoms with Crippen LogP contribution >= 0.6 is 23.2 Å². The standard InChI is InChI=1S/C14H18Cl2N2O5S2/c1-2-18(8-14(19)17-11-5-6-24(20,21)9-11)25(22,23)13-7-10(15)3-4-12(13)16/h3-4,7,11H,2,5-6,8-9H2,1H3,(H,17,19). The first kappa shape index (κ1) is 20.4. The van der Waals surface area contributed by atoms with E-state index in [0.29, 0.717) is 6.42 Å². The van der Waals surface area contributed by atoms with Crippen molar-refractivity contribution in [3.63, 3.8) is 0 Å². The largest absolute Gasteiger partial charge is 0.351 e. The van der Waals surface area contributed by atoms with E-state index in [1.165, 1.54) is 18.2 Å². The first-order valence-electron chi connectivity index (χ1n) is 7.50. The second-order valence-corrected chi connectivity index (χ2v) is 10.7. The lowest BCUT2D eigenvalue weighted by Gasteiger charge is -2.21. The average molecular weight is 429 g/mol. The summed E-state index contributed by atoms with van der Waals surface area (Å²) >= 11 is 11.8. The molecule has 0 aliphatic carbocycles. The molecule has 1 aliphatic heterocycles. The predicted octanol–water partition coefficient (Wildman–Crippen LogP) is 1.31. The number of nitrogens with one attached hydrogen (secondary N) is 1. The van der Waals surface area contributed by atoms with E-state index >= 15 is 0 Å². The van der Waals surface area contributed by atoms with E-state index in [0.717, 1.165) is 4.31 Å². The maximum absolute atomic E-state index is 12.7. The van der Waals surface area contributed by atoms with E-state index in [2.05, 4.69) is 5.32 Å². The van der Waals surface area contributed by atoms with Crippen molar-refractivity contribution in [2.75, 3.05) is 24.6 Å². The van der Waals surface area contributed by atoms with Crippen LogP contribution in [0.5, 0.6) is 0 Å². The molecule has 1 unspecified atom stereocenters. The molecular formula is C14H18Cl2N2O5S2. The normalized spacial score (nSPS) is 19.9. The van der Waals surface area contributed by atoms with Crippen molar-refractivity contribution >= 4 is 49.0 Å². The van der Waals surface area contributed by atoms with Gasteiger partial charge < -0.3 is 5.32 Å². The Kier molecular flexibility index (Phi) is 6.37. The zero-order valence-corrected chi connectivity index (χ0v) is 16.6. The van der Waals surface area contributed by atoms with Gasteiger partial charge in [-0.15, -0.1) is 0 Å². The second kappa shape index (κ2) is 7.79. The van der Waals surface area contributed by atoms with Crippen LogP contribution in [0.2, 0.25) is 10.0 Å². The number of benzene rings is 1. The van der Waals surface area contributed by atoms with Gasteiger partial charge in [0.2, 0.25) is 15.9 Å². The Balaban J connectivity index is 2.13. The first-order valence-corrected chi connectivity index (χ1v) is 11.5. The highest BCUT2D eigenvalue weighted by Gasteiger charge is 2.31. The van der Waals surface area contributed by atoms with E-state index in [9.17, 15) is 21.6 Å². The number of amides is 1. The van der Waals surface area contributed by atoms with Gasteiger partial charge >= 0.3 is 0 Å². The fourth-order valence-electron chi connectivity index (χ4n) is 2.52. The van der Waals surface area contributed by atoms with E-state index in [1.807, 2.05) is 0 Å². The van der Waals surface area contributed by atoms with Crippen LogP contribution in [-0.4, -0.2) is 57.7 Å². The molecule has 1 amide bonds. The molecule has 1 heterocycles. The van der Waals surface area contributed by atoms with E-state index in [4.69, 9.17) is 23.2 Å². The summed E-state index contributed by atoms with van der Waals surface area (Å²) in [5, 5.41) is 2.78. The lowest BCUT2D eigenvalue weighted by Crippen LogP contribution is -2.44. The third kappa shape index (κ3) is 5.07. The van der Waals surface area contributed by atoms with Crippen molar-refractivity contribution < 1.29 is 21.6 Å². The number of halogens is 2. The van der Waals surface area contributed by atoms with Gasteiger partial charge in [-0.25, -0.2) is 16.8 Å². The Bertz CT molecular complexity index is 871. The van der Waals surface area contributed by atoms with Gasteiger partial charge in [0.15, 0.2) is 9.84 Å². The summed E-state index contributed by atoms with van der Waals surface area (Å²) in [4.78, 5) is 12.0. The number of nitrogens with zero attached hydrogens (tertiary/aromatic N) is 1. The van der Waals surface area contributed by atoms with Crippen molar-refractivity contribution in [1.29, 1.82) is 0 Å². The summed E-state index contributed by atoms with van der Waals surface area (Å²) in [5.41, 5.74) is 0. The summed E-state index contributed by atoms with van der Waals surface area (Å²) < 4.78 is 49.3. The molecule has 1 fully saturated rings. The molecule has 2 rings (SSSR count). The number of carbonyl (C=O) groups excluding carboxylic acids is 1. The molecule has 1 N–H and O–H groups in total. The van der Waals surface area contributed by atoms with Crippen LogP contribution in [0.1, 0.15) is 13.3 Å². The van der Waals surface area contributed by atoms with E-state index < -0.39 is 38.4 Å². The van der Waals surface area contributed by atoms with Crippen LogP contribution in [0.4, 0.5) is 0 Å². The zero-order chi connectivity index (χ0) is 18.8. The minimum Gasteiger partial charge on any atom is -0.351 e. The quantitative estimate of drug-likeness (QED) is 0.735. The molecule has 1 saturated heterocycles. The van der Waals surface area contributed by atoms with Crippen molar-refractivity contribution in [2.45, 2.75) is 24.3 Å². The van der Waals surface area contributed by atoms with E-state index in [-0.39, 0.29) is 33.0 Å². The molecule has 7 nitrogen and oxygen atoms in total. The third-order valence-electron chi connectivity index (χ3n) is 3.78. The molecule has 0 bridgehead atoms. The van der Waals surface area contributed by atoms with Gasteiger partial charge in [-0.3, -0.25) is 4.79 Å². The number of carbonyl (C=O) groups is 1. The summed E-state index contributed by atoms with van der Waals surface area (Å²) in [7, 11) is -7.15. The molecule has 1 aromatic rings. The molecule has 1 aliphatic rings. The maximum Gasteiger partial charge on any atom is 0.245 e. The molecular weight excluding hydrogens is 411 g/mol. The monoisotopic (exact) mass is 428 g/mol. The fourth-order valence-corrected chi connectivity index (χ4v) is 6.34. The number of hydrogen-bond donors (Lipinski definition) is 1. The summed E-state index contributed by atoms with van der Waals surface area (Å²) in [6.45, 7) is 1.20. The van der Waals surface area contributed by atoms with Crippen LogP contribution in [-0.2, 0) is 24.7 Å². The number of sulfonamides is 1. The average Bonchev–Trinajstić information content (AvgIpc) is 2.85. The molecule has 1 aromatic carbocycles. The third-order valence-corrected chi connectivity index (χ3v) is 8.19. The zero-order valence-electron chi connectivity index (χ0n) is 13.4. The number of rotatable bonds is 6. The topological polar surface area (TPSA) is 101 Å². The van der Waals surface area contributed by atoms with Crippen LogP contribution in [0.25, 0.3) is 0 Å². The van der Waals surface area contributed by atoms with Gasteiger partial charge in [-0.1, -0.05) is 30.1 Å². The second-order valence-electron chi connectivity index (χ2n) is 5.67. The first-order chi connectivity index (χ1) is 11.5. The van der Waals surface area contributed by atoms with Crippen molar-refractivity contribution in [2.24, 2.45) is 0 Å². The SMILES string of the molecule is CCN(CC(=O)NC1CCS(=O)(=O)C1)S(=O)(=O)c1cc(Cl)ccc1Cl. The Morgan fingerprint density at radius 2 is 2.04 bits per heavy atom. The summed E-state index contributed by atoms with van der Waals surface area (Å²) in [6, 6.07) is 3.57. The number of hydrogen-bond acceptors (Lipinski definition) is 5. The summed E-state index contributed by atoms with van der Waals surface area (Å²) in [5.74, 6) is -0.672. The Morgan fingerprint density at radius 3 is 2.60 bits per heavy atom. The molecule has 25 heavy (non-hydrogen) atoms. The Morgan fingerprint density at radius 1 is 1.36 bits per heavy atom. The highest BCUT2D eigenvalue weighted by Crippen LogP contribution is 2.27. The molecule has 11 heteroatoms. The highest BCUT2D eigenvalue weighted by molar-refractivity contribution is 7.91. The lowest BCUT2D eigenvalue weighted by molar-refractivity contribution is -0.121. The molecule has 140 valence electrons. The van der Waals surface area contributed by atoms with Gasteiger partial charge in [0, 0.05) is 17.6 Å². The van der Waals surface area contributed by atoms with Gasteiger partial charge in [0.1, 0.15) is 4.90 Å². The molecule has 0 saturated carbocycles. The Hall–Kier alpha value is -0.870. The molecule has 0 aromatic heterocycles. The van der Waals surface area contributed by atoms with Crippen molar-refractivity contribution in [1.82, 2.24) is 9.62 Å². The lowest BCUT2D eigenvalue weighted by atomic mass is 10.2. The Labute approximate surface area is 157 Å². The predicted molar refractivity (Wildman–Crippen MR) is 96.1 cm³/mol. The van der Waals surface area contributed by atoms with Crippen molar-refractivity contribution in [3.05, 3.63) is 28.2 Å². The van der Waals surface area contributed by atoms with Gasteiger partial charge in [-0.05, 0) is 24.6 Å². The summed E-state index contributed by atoms with van der Waals surface area (Å²) in [6.07, 6.45) is 0.326. The van der Waals surface area contributed by atoms with Crippen LogP contribution in [0.3, 0.4) is 0 Å². The van der Waals surface area contributed by atoms with E-state index in [1.54, 1.807) is 6.92 Å². The smallest absolute Gasteiger partial charge is 0.245 e. The van der Waals surface area contributed by atoms with Gasteiger partial charge in [-0.2, -0.15) is 4.31 Å². The fraction of sp³-hybridized carbons (Fsp3) is 0.500. The van der Waals surface area contributed by atoms with Crippen molar-refractivity contribution in [3.8, 4) is 0 Å².